The smallest absolute Gasteiger partial charge is 0.225 e. The molecule has 0 radical (unpaired) electrons. The lowest BCUT2D eigenvalue weighted by atomic mass is 9.92. The van der Waals surface area contributed by atoms with Gasteiger partial charge in [-0.2, -0.15) is 0 Å². The number of likely N-dealkylation sites (tertiary alicyclic amines) is 2. The third kappa shape index (κ3) is 3.52. The Morgan fingerprint density at radius 2 is 1.64 bits per heavy atom. The molecule has 2 aliphatic heterocycles. The Labute approximate surface area is 134 Å². The maximum absolute atomic E-state index is 12.6. The number of nitrogens with zero attached hydrogens (tertiary/aromatic N) is 2. The van der Waals surface area contributed by atoms with Crippen LogP contribution in [0.2, 0.25) is 0 Å². The molecule has 1 aromatic rings. The van der Waals surface area contributed by atoms with Gasteiger partial charge in [-0.05, 0) is 57.7 Å². The van der Waals surface area contributed by atoms with Crippen LogP contribution >= 0.6 is 0 Å². The zero-order chi connectivity index (χ0) is 15.4. The lowest BCUT2D eigenvalue weighted by Gasteiger charge is -2.38. The summed E-state index contributed by atoms with van der Waals surface area (Å²) in [5.74, 6) is 0.684. The van der Waals surface area contributed by atoms with Crippen LogP contribution in [0.25, 0.3) is 0 Å². The number of piperidine rings is 2. The summed E-state index contributed by atoms with van der Waals surface area (Å²) >= 11 is 0. The first-order chi connectivity index (χ1) is 10.8. The zero-order valence-corrected chi connectivity index (χ0v) is 13.7. The molecule has 2 aliphatic rings. The van der Waals surface area contributed by atoms with E-state index in [4.69, 9.17) is 0 Å². The third-order valence-electron chi connectivity index (χ3n) is 5.38. The van der Waals surface area contributed by atoms with Crippen molar-refractivity contribution in [2.45, 2.75) is 45.1 Å². The normalized spacial score (nSPS) is 22.5. The fraction of sp³-hybridized carbons (Fsp3) is 0.632. The van der Waals surface area contributed by atoms with Gasteiger partial charge in [-0.1, -0.05) is 30.3 Å². The van der Waals surface area contributed by atoms with Gasteiger partial charge in [-0.3, -0.25) is 9.69 Å². The Hall–Kier alpha value is -1.35. The summed E-state index contributed by atoms with van der Waals surface area (Å²) in [6, 6.07) is 11.1. The SMILES string of the molecule is CC(c1ccccc1)N1CCC(C(=O)N2CCCCC2)CC1. The van der Waals surface area contributed by atoms with Crippen LogP contribution in [0.3, 0.4) is 0 Å². The van der Waals surface area contributed by atoms with Gasteiger partial charge in [0.15, 0.2) is 0 Å². The molecule has 1 amide bonds. The second-order valence-electron chi connectivity index (χ2n) is 6.78. The van der Waals surface area contributed by atoms with Crippen molar-refractivity contribution in [2.24, 2.45) is 5.92 Å². The topological polar surface area (TPSA) is 23.6 Å². The summed E-state index contributed by atoms with van der Waals surface area (Å²) in [6.45, 7) is 6.33. The van der Waals surface area contributed by atoms with Gasteiger partial charge in [0, 0.05) is 25.0 Å². The average Bonchev–Trinajstić information content (AvgIpc) is 2.62. The van der Waals surface area contributed by atoms with E-state index in [0.717, 1.165) is 39.0 Å². The summed E-state index contributed by atoms with van der Waals surface area (Å²) in [6.07, 6.45) is 5.71. The van der Waals surface area contributed by atoms with Crippen LogP contribution < -0.4 is 0 Å². The minimum absolute atomic E-state index is 0.261. The van der Waals surface area contributed by atoms with Crippen molar-refractivity contribution in [3.63, 3.8) is 0 Å². The van der Waals surface area contributed by atoms with Crippen molar-refractivity contribution < 1.29 is 4.79 Å². The van der Waals surface area contributed by atoms with Gasteiger partial charge < -0.3 is 4.90 Å². The van der Waals surface area contributed by atoms with Crippen LogP contribution in [-0.4, -0.2) is 41.9 Å². The van der Waals surface area contributed by atoms with E-state index >= 15 is 0 Å². The monoisotopic (exact) mass is 300 g/mol. The Bertz CT molecular complexity index is 473. The van der Waals surface area contributed by atoms with E-state index in [2.05, 4.69) is 47.1 Å². The second-order valence-corrected chi connectivity index (χ2v) is 6.78. The van der Waals surface area contributed by atoms with Gasteiger partial charge in [0.1, 0.15) is 0 Å². The molecule has 2 saturated heterocycles. The van der Waals surface area contributed by atoms with Crippen molar-refractivity contribution in [3.05, 3.63) is 35.9 Å². The molecule has 0 aromatic heterocycles. The lowest BCUT2D eigenvalue weighted by molar-refractivity contribution is -0.138. The zero-order valence-electron chi connectivity index (χ0n) is 13.7. The molecule has 0 bridgehead atoms. The predicted molar refractivity (Wildman–Crippen MR) is 89.6 cm³/mol. The van der Waals surface area contributed by atoms with E-state index < -0.39 is 0 Å². The fourth-order valence-electron chi connectivity index (χ4n) is 3.85. The number of carbonyl (C=O) groups excluding carboxylic acids is 1. The van der Waals surface area contributed by atoms with E-state index in [1.54, 1.807) is 0 Å². The Morgan fingerprint density at radius 3 is 2.27 bits per heavy atom. The average molecular weight is 300 g/mol. The molecule has 3 heteroatoms. The first kappa shape index (κ1) is 15.5. The van der Waals surface area contributed by atoms with E-state index in [1.807, 2.05) is 0 Å². The Morgan fingerprint density at radius 1 is 1.00 bits per heavy atom. The minimum Gasteiger partial charge on any atom is -0.342 e. The van der Waals surface area contributed by atoms with Crippen molar-refractivity contribution >= 4 is 5.91 Å². The van der Waals surface area contributed by atoms with Crippen molar-refractivity contribution in [1.82, 2.24) is 9.80 Å². The molecule has 1 atom stereocenters. The highest BCUT2D eigenvalue weighted by atomic mass is 16.2. The summed E-state index contributed by atoms with van der Waals surface area (Å²) < 4.78 is 0. The molecule has 1 aromatic carbocycles. The van der Waals surface area contributed by atoms with Crippen molar-refractivity contribution in [2.75, 3.05) is 26.2 Å². The van der Waals surface area contributed by atoms with Gasteiger partial charge in [-0.15, -0.1) is 0 Å². The Kier molecular flexibility index (Phi) is 5.14. The summed E-state index contributed by atoms with van der Waals surface area (Å²) in [5.41, 5.74) is 1.38. The summed E-state index contributed by atoms with van der Waals surface area (Å²) in [7, 11) is 0. The molecule has 0 spiro atoms. The first-order valence-electron chi connectivity index (χ1n) is 8.83. The number of hydrogen-bond acceptors (Lipinski definition) is 2. The number of benzene rings is 1. The molecule has 0 saturated carbocycles. The van der Waals surface area contributed by atoms with Crippen molar-refractivity contribution in [3.8, 4) is 0 Å². The van der Waals surface area contributed by atoms with E-state index in [9.17, 15) is 4.79 Å². The number of carbonyl (C=O) groups is 1. The van der Waals surface area contributed by atoms with Crippen LogP contribution in [0.4, 0.5) is 0 Å². The quantitative estimate of drug-likeness (QED) is 0.853. The van der Waals surface area contributed by atoms with Gasteiger partial charge in [0.2, 0.25) is 5.91 Å². The molecule has 3 rings (SSSR count). The summed E-state index contributed by atoms with van der Waals surface area (Å²) in [4.78, 5) is 17.2. The lowest BCUT2D eigenvalue weighted by Crippen LogP contribution is -2.44. The molecule has 3 nitrogen and oxygen atoms in total. The molecule has 2 heterocycles. The number of rotatable bonds is 3. The molecular formula is C19H28N2O. The van der Waals surface area contributed by atoms with E-state index in [-0.39, 0.29) is 5.92 Å². The van der Waals surface area contributed by atoms with E-state index in [1.165, 1.54) is 24.8 Å². The standard InChI is InChI=1S/C19H28N2O/c1-16(17-8-4-2-5-9-17)20-14-10-18(11-15-20)19(22)21-12-6-3-7-13-21/h2,4-5,8-9,16,18H,3,6-7,10-15H2,1H3. The highest BCUT2D eigenvalue weighted by Crippen LogP contribution is 2.28. The molecule has 1 unspecified atom stereocenters. The van der Waals surface area contributed by atoms with Crippen LogP contribution in [0.5, 0.6) is 0 Å². The van der Waals surface area contributed by atoms with Crippen LogP contribution in [0, 0.1) is 5.92 Å². The van der Waals surface area contributed by atoms with Crippen LogP contribution in [0.1, 0.15) is 50.6 Å². The van der Waals surface area contributed by atoms with Crippen molar-refractivity contribution in [1.29, 1.82) is 0 Å². The highest BCUT2D eigenvalue weighted by Gasteiger charge is 2.30. The molecule has 0 N–H and O–H groups in total. The number of amides is 1. The van der Waals surface area contributed by atoms with Gasteiger partial charge in [-0.25, -0.2) is 0 Å². The maximum Gasteiger partial charge on any atom is 0.225 e. The number of hydrogen-bond donors (Lipinski definition) is 0. The van der Waals surface area contributed by atoms with Gasteiger partial charge in [0.05, 0.1) is 0 Å². The third-order valence-corrected chi connectivity index (χ3v) is 5.38. The van der Waals surface area contributed by atoms with Gasteiger partial charge >= 0.3 is 0 Å². The molecule has 0 aliphatic carbocycles. The van der Waals surface area contributed by atoms with Gasteiger partial charge in [0.25, 0.3) is 0 Å². The predicted octanol–water partition coefficient (Wildman–Crippen LogP) is 3.47. The van der Waals surface area contributed by atoms with Crippen LogP contribution in [-0.2, 0) is 4.79 Å². The molecule has 2 fully saturated rings. The largest absolute Gasteiger partial charge is 0.342 e. The van der Waals surface area contributed by atoms with Crippen LogP contribution in [0.15, 0.2) is 30.3 Å². The minimum atomic E-state index is 0.261. The molecule has 22 heavy (non-hydrogen) atoms. The maximum atomic E-state index is 12.6. The Balaban J connectivity index is 1.52. The highest BCUT2D eigenvalue weighted by molar-refractivity contribution is 5.79. The first-order valence-corrected chi connectivity index (χ1v) is 8.83. The molecular weight excluding hydrogens is 272 g/mol. The van der Waals surface area contributed by atoms with E-state index in [0.29, 0.717) is 11.9 Å². The fourth-order valence-corrected chi connectivity index (χ4v) is 3.85. The molecule has 120 valence electrons. The summed E-state index contributed by atoms with van der Waals surface area (Å²) in [5, 5.41) is 0. The second kappa shape index (κ2) is 7.28.